The number of methoxy groups -OCH3 is 1. The van der Waals surface area contributed by atoms with E-state index >= 15 is 0 Å². The van der Waals surface area contributed by atoms with Gasteiger partial charge in [-0.1, -0.05) is 31.2 Å². The summed E-state index contributed by atoms with van der Waals surface area (Å²) < 4.78 is 11.0. The molecule has 3 aromatic rings. The first-order chi connectivity index (χ1) is 12.7. The molecule has 0 spiro atoms. The second-order valence-corrected chi connectivity index (χ2v) is 5.74. The van der Waals surface area contributed by atoms with Gasteiger partial charge in [0.05, 0.1) is 7.11 Å². The van der Waals surface area contributed by atoms with Gasteiger partial charge in [0.15, 0.2) is 5.82 Å². The van der Waals surface area contributed by atoms with E-state index in [1.807, 2.05) is 48.5 Å². The van der Waals surface area contributed by atoms with Gasteiger partial charge >= 0.3 is 0 Å². The normalized spacial score (nSPS) is 10.4. The first-order valence-electron chi connectivity index (χ1n) is 8.43. The first-order valence-corrected chi connectivity index (χ1v) is 8.43. The van der Waals surface area contributed by atoms with Crippen LogP contribution in [0.25, 0.3) is 0 Å². The van der Waals surface area contributed by atoms with Gasteiger partial charge in [0.25, 0.3) is 0 Å². The summed E-state index contributed by atoms with van der Waals surface area (Å²) >= 11 is 0. The van der Waals surface area contributed by atoms with Crippen molar-refractivity contribution in [2.24, 2.45) is 0 Å². The molecule has 0 unspecified atom stereocenters. The number of anilines is 2. The Labute approximate surface area is 153 Å². The number of nitrogens with zero attached hydrogens (tertiary/aromatic N) is 2. The molecule has 0 saturated carbocycles. The zero-order chi connectivity index (χ0) is 18.4. The van der Waals surface area contributed by atoms with Crippen LogP contribution in [0, 0.1) is 0 Å². The van der Waals surface area contributed by atoms with E-state index in [4.69, 9.17) is 15.2 Å². The van der Waals surface area contributed by atoms with Crippen molar-refractivity contribution < 1.29 is 9.47 Å². The molecule has 0 saturated heterocycles. The van der Waals surface area contributed by atoms with E-state index in [1.54, 1.807) is 7.11 Å². The van der Waals surface area contributed by atoms with Crippen LogP contribution < -0.4 is 20.5 Å². The molecule has 2 aromatic carbocycles. The number of hydrogen-bond donors (Lipinski definition) is 2. The summed E-state index contributed by atoms with van der Waals surface area (Å²) in [6.07, 6.45) is 2.41. The topological polar surface area (TPSA) is 82.3 Å². The summed E-state index contributed by atoms with van der Waals surface area (Å²) in [5.74, 6) is 2.38. The predicted octanol–water partition coefficient (Wildman–Crippen LogP) is 4.03. The lowest BCUT2D eigenvalue weighted by molar-refractivity contribution is 0.414. The van der Waals surface area contributed by atoms with E-state index in [0.717, 1.165) is 17.7 Å². The van der Waals surface area contributed by atoms with Gasteiger partial charge in [-0.2, -0.15) is 4.98 Å². The van der Waals surface area contributed by atoms with Crippen molar-refractivity contribution in [1.82, 2.24) is 9.97 Å². The number of aryl methyl sites for hydroxylation is 1. The third-order valence-corrected chi connectivity index (χ3v) is 4.01. The zero-order valence-corrected chi connectivity index (χ0v) is 14.9. The first kappa shape index (κ1) is 17.5. The van der Waals surface area contributed by atoms with Crippen LogP contribution in [0.15, 0.2) is 54.9 Å². The molecule has 0 atom stereocenters. The van der Waals surface area contributed by atoms with E-state index < -0.39 is 0 Å². The molecule has 1 aromatic heterocycles. The van der Waals surface area contributed by atoms with Crippen LogP contribution in [0.2, 0.25) is 0 Å². The Morgan fingerprint density at radius 2 is 1.58 bits per heavy atom. The summed E-state index contributed by atoms with van der Waals surface area (Å²) in [6.45, 7) is 2.69. The number of hydrogen-bond acceptors (Lipinski definition) is 6. The average molecular weight is 350 g/mol. The summed E-state index contributed by atoms with van der Waals surface area (Å²) in [5, 5.41) is 3.21. The van der Waals surface area contributed by atoms with Crippen molar-refractivity contribution in [3.63, 3.8) is 0 Å². The molecule has 0 amide bonds. The second-order valence-electron chi connectivity index (χ2n) is 5.74. The maximum atomic E-state index is 6.16. The number of benzene rings is 2. The van der Waals surface area contributed by atoms with Crippen LogP contribution in [0.1, 0.15) is 18.1 Å². The minimum Gasteiger partial charge on any atom is -0.497 e. The third-order valence-electron chi connectivity index (χ3n) is 4.01. The van der Waals surface area contributed by atoms with Crippen LogP contribution >= 0.6 is 0 Å². The van der Waals surface area contributed by atoms with Crippen LogP contribution in [-0.4, -0.2) is 17.1 Å². The Morgan fingerprint density at radius 1 is 0.923 bits per heavy atom. The molecule has 0 fully saturated rings. The molecule has 134 valence electrons. The van der Waals surface area contributed by atoms with E-state index in [9.17, 15) is 0 Å². The minimum absolute atomic E-state index is 0.335. The summed E-state index contributed by atoms with van der Waals surface area (Å²) in [7, 11) is 1.65. The molecule has 0 bridgehead atoms. The molecule has 6 heteroatoms. The van der Waals surface area contributed by atoms with E-state index in [0.29, 0.717) is 29.7 Å². The average Bonchev–Trinajstić information content (AvgIpc) is 2.69. The van der Waals surface area contributed by atoms with Crippen molar-refractivity contribution in [3.8, 4) is 17.4 Å². The fourth-order valence-corrected chi connectivity index (χ4v) is 2.44. The number of rotatable bonds is 7. The smallest absolute Gasteiger partial charge is 0.248 e. The van der Waals surface area contributed by atoms with Crippen molar-refractivity contribution in [3.05, 3.63) is 66.0 Å². The summed E-state index contributed by atoms with van der Waals surface area (Å²) in [6, 6.07) is 15.6. The Balaban J connectivity index is 1.69. The fraction of sp³-hybridized carbons (Fsp3) is 0.200. The Bertz CT molecular complexity index is 849. The number of aromatic nitrogens is 2. The number of nitrogens with two attached hydrogens (primary N) is 1. The highest BCUT2D eigenvalue weighted by atomic mass is 16.5. The van der Waals surface area contributed by atoms with Gasteiger partial charge in [-0.05, 0) is 41.8 Å². The molecule has 3 N–H and O–H groups in total. The van der Waals surface area contributed by atoms with Crippen LogP contribution in [0.4, 0.5) is 11.5 Å². The Morgan fingerprint density at radius 3 is 2.23 bits per heavy atom. The molecular formula is C20H22N4O2. The van der Waals surface area contributed by atoms with Crippen molar-refractivity contribution in [1.29, 1.82) is 0 Å². The summed E-state index contributed by atoms with van der Waals surface area (Å²) in [5.41, 5.74) is 8.87. The van der Waals surface area contributed by atoms with Gasteiger partial charge < -0.3 is 20.5 Å². The SMILES string of the molecule is CCc1ccc(Oc2ncnc(NCc3ccc(OC)cc3)c2N)cc1. The zero-order valence-electron chi connectivity index (χ0n) is 14.9. The summed E-state index contributed by atoms with van der Waals surface area (Å²) in [4.78, 5) is 8.34. The molecule has 26 heavy (non-hydrogen) atoms. The van der Waals surface area contributed by atoms with Gasteiger partial charge in [-0.3, -0.25) is 0 Å². The maximum Gasteiger partial charge on any atom is 0.248 e. The van der Waals surface area contributed by atoms with E-state index in [-0.39, 0.29) is 0 Å². The van der Waals surface area contributed by atoms with Gasteiger partial charge in [-0.15, -0.1) is 0 Å². The van der Waals surface area contributed by atoms with Crippen LogP contribution in [0.5, 0.6) is 17.4 Å². The molecule has 0 aliphatic heterocycles. The molecule has 0 aliphatic rings. The monoisotopic (exact) mass is 350 g/mol. The molecule has 0 radical (unpaired) electrons. The number of ether oxygens (including phenoxy) is 2. The quantitative estimate of drug-likeness (QED) is 0.669. The lowest BCUT2D eigenvalue weighted by Gasteiger charge is -2.12. The van der Waals surface area contributed by atoms with Gasteiger partial charge in [0.1, 0.15) is 23.5 Å². The Hall–Kier alpha value is -3.28. The van der Waals surface area contributed by atoms with E-state index in [1.165, 1.54) is 11.9 Å². The van der Waals surface area contributed by atoms with Crippen molar-refractivity contribution in [2.45, 2.75) is 19.9 Å². The highest BCUT2D eigenvalue weighted by molar-refractivity contribution is 5.67. The van der Waals surface area contributed by atoms with Crippen molar-refractivity contribution >= 4 is 11.5 Å². The standard InChI is InChI=1S/C20H22N4O2/c1-3-14-4-10-17(11-5-14)26-20-18(21)19(23-13-24-20)22-12-15-6-8-16(25-2)9-7-15/h4-11,13H,3,12,21H2,1-2H3,(H,22,23,24). The third kappa shape index (κ3) is 4.22. The second kappa shape index (κ2) is 8.20. The predicted molar refractivity (Wildman–Crippen MR) is 103 cm³/mol. The molecule has 1 heterocycles. The Kier molecular flexibility index (Phi) is 5.53. The highest BCUT2D eigenvalue weighted by Gasteiger charge is 2.10. The lowest BCUT2D eigenvalue weighted by Crippen LogP contribution is -2.06. The van der Waals surface area contributed by atoms with Gasteiger partial charge in [0, 0.05) is 6.54 Å². The lowest BCUT2D eigenvalue weighted by atomic mass is 10.2. The maximum absolute atomic E-state index is 6.16. The number of nitrogen functional groups attached to an aromatic ring is 1. The molecule has 6 nitrogen and oxygen atoms in total. The highest BCUT2D eigenvalue weighted by Crippen LogP contribution is 2.29. The largest absolute Gasteiger partial charge is 0.497 e. The number of nitrogens with one attached hydrogen (secondary N) is 1. The van der Waals surface area contributed by atoms with Crippen molar-refractivity contribution in [2.75, 3.05) is 18.2 Å². The molecular weight excluding hydrogens is 328 g/mol. The van der Waals surface area contributed by atoms with Crippen LogP contribution in [0.3, 0.4) is 0 Å². The minimum atomic E-state index is 0.335. The molecule has 0 aliphatic carbocycles. The fourth-order valence-electron chi connectivity index (χ4n) is 2.44. The van der Waals surface area contributed by atoms with E-state index in [2.05, 4.69) is 22.2 Å². The van der Waals surface area contributed by atoms with Gasteiger partial charge in [-0.25, -0.2) is 4.98 Å². The van der Waals surface area contributed by atoms with Crippen LogP contribution in [-0.2, 0) is 13.0 Å². The van der Waals surface area contributed by atoms with Gasteiger partial charge in [0.2, 0.25) is 5.88 Å². The molecule has 3 rings (SSSR count).